The van der Waals surface area contributed by atoms with E-state index in [1.807, 2.05) is 4.90 Å². The second-order valence-corrected chi connectivity index (χ2v) is 4.82. The van der Waals surface area contributed by atoms with Crippen molar-refractivity contribution in [3.63, 3.8) is 0 Å². The number of hydrazine groups is 1. The van der Waals surface area contributed by atoms with E-state index in [1.165, 1.54) is 0 Å². The van der Waals surface area contributed by atoms with Crippen molar-refractivity contribution in [3.8, 4) is 0 Å². The molecule has 5 N–H and O–H groups in total. The van der Waals surface area contributed by atoms with E-state index in [-0.39, 0.29) is 12.5 Å². The number of carbonyl (C=O) groups excluding carboxylic acids is 2. The summed E-state index contributed by atoms with van der Waals surface area (Å²) in [6.45, 7) is 5.33. The Bertz CT molecular complexity index is 306. The van der Waals surface area contributed by atoms with Crippen molar-refractivity contribution >= 4 is 11.8 Å². The maximum absolute atomic E-state index is 11.6. The van der Waals surface area contributed by atoms with Crippen LogP contribution >= 0.6 is 0 Å². The second-order valence-electron chi connectivity index (χ2n) is 4.82. The highest BCUT2D eigenvalue weighted by Gasteiger charge is 2.35. The second kappa shape index (κ2) is 5.44. The zero-order valence-corrected chi connectivity index (χ0v) is 10.2. The van der Waals surface area contributed by atoms with Crippen molar-refractivity contribution in [2.75, 3.05) is 26.3 Å². The molecule has 1 rings (SSSR count). The van der Waals surface area contributed by atoms with Crippen LogP contribution < -0.4 is 17.0 Å². The lowest BCUT2D eigenvalue weighted by Gasteiger charge is -2.38. The van der Waals surface area contributed by atoms with E-state index in [9.17, 15) is 9.59 Å². The summed E-state index contributed by atoms with van der Waals surface area (Å²) in [6.07, 6.45) is 0. The Hall–Kier alpha value is -1.18. The van der Waals surface area contributed by atoms with Gasteiger partial charge in [-0.3, -0.25) is 19.9 Å². The molecule has 0 aromatic rings. The maximum atomic E-state index is 11.6. The van der Waals surface area contributed by atoms with Gasteiger partial charge in [0.25, 0.3) is 0 Å². The van der Waals surface area contributed by atoms with E-state index in [4.69, 9.17) is 16.3 Å². The summed E-state index contributed by atoms with van der Waals surface area (Å²) in [6, 6.07) is -0.478. The summed E-state index contributed by atoms with van der Waals surface area (Å²) in [5.41, 5.74) is 6.74. The van der Waals surface area contributed by atoms with Gasteiger partial charge >= 0.3 is 0 Å². The van der Waals surface area contributed by atoms with Crippen LogP contribution in [0.15, 0.2) is 0 Å². The highest BCUT2D eigenvalue weighted by Crippen LogP contribution is 2.20. The minimum absolute atomic E-state index is 0.271. The van der Waals surface area contributed by atoms with Crippen LogP contribution in [0.4, 0.5) is 0 Å². The zero-order chi connectivity index (χ0) is 13.1. The van der Waals surface area contributed by atoms with Gasteiger partial charge in [-0.2, -0.15) is 0 Å². The van der Waals surface area contributed by atoms with Crippen molar-refractivity contribution in [1.29, 1.82) is 0 Å². The SMILES string of the molecule is CC(C)(CN1CCOCC1C(N)=O)C(=O)NN. The number of carbonyl (C=O) groups is 2. The first-order valence-electron chi connectivity index (χ1n) is 5.50. The lowest BCUT2D eigenvalue weighted by atomic mass is 9.91. The molecule has 0 bridgehead atoms. The van der Waals surface area contributed by atoms with Crippen molar-refractivity contribution in [2.45, 2.75) is 19.9 Å². The molecule has 0 saturated carbocycles. The van der Waals surface area contributed by atoms with Gasteiger partial charge in [0.15, 0.2) is 0 Å². The van der Waals surface area contributed by atoms with Crippen LogP contribution in [0.5, 0.6) is 0 Å². The number of primary amides is 1. The highest BCUT2D eigenvalue weighted by atomic mass is 16.5. The molecular formula is C10H20N4O3. The number of morpholine rings is 1. The van der Waals surface area contributed by atoms with Crippen molar-refractivity contribution in [2.24, 2.45) is 17.0 Å². The number of rotatable bonds is 4. The van der Waals surface area contributed by atoms with Gasteiger partial charge in [-0.25, -0.2) is 5.84 Å². The number of hydrogen-bond donors (Lipinski definition) is 3. The average molecular weight is 244 g/mol. The number of nitrogens with zero attached hydrogens (tertiary/aromatic N) is 1. The standard InChI is InChI=1S/C10H20N4O3/c1-10(2,9(16)13-12)6-14-3-4-17-5-7(14)8(11)15/h7H,3-6,12H2,1-2H3,(H2,11,15)(H,13,16). The summed E-state index contributed by atoms with van der Waals surface area (Å²) in [4.78, 5) is 24.7. The number of amides is 2. The zero-order valence-electron chi connectivity index (χ0n) is 10.2. The molecule has 1 aliphatic heterocycles. The predicted octanol–water partition coefficient (Wildman–Crippen LogP) is -1.81. The first kappa shape index (κ1) is 13.9. The van der Waals surface area contributed by atoms with E-state index in [1.54, 1.807) is 13.8 Å². The summed E-state index contributed by atoms with van der Waals surface area (Å²) in [5.74, 6) is 4.42. The third kappa shape index (κ3) is 3.39. The quantitative estimate of drug-likeness (QED) is 0.306. The fourth-order valence-electron chi connectivity index (χ4n) is 1.86. The molecule has 7 nitrogen and oxygen atoms in total. The van der Waals surface area contributed by atoms with Crippen LogP contribution in [-0.2, 0) is 14.3 Å². The Labute approximate surface area is 100 Å². The van der Waals surface area contributed by atoms with Gasteiger partial charge < -0.3 is 10.5 Å². The Morgan fingerprint density at radius 3 is 2.71 bits per heavy atom. The van der Waals surface area contributed by atoms with Gasteiger partial charge in [0.2, 0.25) is 11.8 Å². The van der Waals surface area contributed by atoms with E-state index in [2.05, 4.69) is 5.43 Å². The van der Waals surface area contributed by atoms with Crippen molar-refractivity contribution in [1.82, 2.24) is 10.3 Å². The first-order chi connectivity index (χ1) is 7.88. The van der Waals surface area contributed by atoms with E-state index < -0.39 is 17.4 Å². The predicted molar refractivity (Wildman–Crippen MR) is 61.5 cm³/mol. The third-order valence-electron chi connectivity index (χ3n) is 2.91. The summed E-state index contributed by atoms with van der Waals surface area (Å²) >= 11 is 0. The van der Waals surface area contributed by atoms with Crippen LogP contribution in [0.1, 0.15) is 13.8 Å². The van der Waals surface area contributed by atoms with Gasteiger partial charge in [0, 0.05) is 13.1 Å². The molecule has 0 aromatic carbocycles. The molecule has 0 radical (unpaired) electrons. The lowest BCUT2D eigenvalue weighted by Crippen LogP contribution is -2.57. The average Bonchev–Trinajstić information content (AvgIpc) is 2.27. The molecule has 0 aliphatic carbocycles. The largest absolute Gasteiger partial charge is 0.378 e. The number of hydrogen-bond acceptors (Lipinski definition) is 5. The molecule has 0 aromatic heterocycles. The topological polar surface area (TPSA) is 111 Å². The van der Waals surface area contributed by atoms with Gasteiger partial charge in [0.05, 0.1) is 18.6 Å². The summed E-state index contributed by atoms with van der Waals surface area (Å²) in [5, 5.41) is 0. The van der Waals surface area contributed by atoms with E-state index >= 15 is 0 Å². The molecule has 1 saturated heterocycles. The molecule has 0 spiro atoms. The Balaban J connectivity index is 2.70. The minimum atomic E-state index is -0.681. The molecule has 1 fully saturated rings. The number of ether oxygens (including phenoxy) is 1. The van der Waals surface area contributed by atoms with Gasteiger partial charge in [-0.1, -0.05) is 0 Å². The fraction of sp³-hybridized carbons (Fsp3) is 0.800. The molecule has 1 aliphatic rings. The molecule has 1 atom stereocenters. The van der Waals surface area contributed by atoms with Gasteiger partial charge in [-0.15, -0.1) is 0 Å². The van der Waals surface area contributed by atoms with Crippen LogP contribution in [0, 0.1) is 5.41 Å². The summed E-state index contributed by atoms with van der Waals surface area (Å²) < 4.78 is 5.21. The Kier molecular flexibility index (Phi) is 4.44. The van der Waals surface area contributed by atoms with E-state index in [0.29, 0.717) is 19.7 Å². The summed E-state index contributed by atoms with van der Waals surface area (Å²) in [7, 11) is 0. The van der Waals surface area contributed by atoms with Crippen molar-refractivity contribution < 1.29 is 14.3 Å². The van der Waals surface area contributed by atoms with Gasteiger partial charge in [0.1, 0.15) is 6.04 Å². The minimum Gasteiger partial charge on any atom is -0.378 e. The smallest absolute Gasteiger partial charge is 0.240 e. The van der Waals surface area contributed by atoms with Crippen LogP contribution in [0.3, 0.4) is 0 Å². The van der Waals surface area contributed by atoms with Crippen molar-refractivity contribution in [3.05, 3.63) is 0 Å². The fourth-order valence-corrected chi connectivity index (χ4v) is 1.86. The molecule has 98 valence electrons. The van der Waals surface area contributed by atoms with Crippen LogP contribution in [-0.4, -0.2) is 49.1 Å². The number of nitrogens with one attached hydrogen (secondary N) is 1. The van der Waals surface area contributed by atoms with Crippen LogP contribution in [0.2, 0.25) is 0 Å². The molecule has 1 unspecified atom stereocenters. The monoisotopic (exact) mass is 244 g/mol. The van der Waals surface area contributed by atoms with E-state index in [0.717, 1.165) is 0 Å². The molecule has 7 heteroatoms. The maximum Gasteiger partial charge on any atom is 0.240 e. The number of nitrogens with two attached hydrogens (primary N) is 2. The van der Waals surface area contributed by atoms with Crippen LogP contribution in [0.25, 0.3) is 0 Å². The Morgan fingerprint density at radius 2 is 2.18 bits per heavy atom. The molecule has 2 amide bonds. The van der Waals surface area contributed by atoms with Gasteiger partial charge in [-0.05, 0) is 13.8 Å². The highest BCUT2D eigenvalue weighted by molar-refractivity contribution is 5.82. The normalized spacial score (nSPS) is 22.2. The molecule has 1 heterocycles. The third-order valence-corrected chi connectivity index (χ3v) is 2.91. The molecule has 17 heavy (non-hydrogen) atoms. The lowest BCUT2D eigenvalue weighted by molar-refractivity contribution is -0.137. The Morgan fingerprint density at radius 1 is 1.53 bits per heavy atom. The molecular weight excluding hydrogens is 224 g/mol. The first-order valence-corrected chi connectivity index (χ1v) is 5.50.